The van der Waals surface area contributed by atoms with E-state index in [0.717, 1.165) is 35.5 Å². The highest BCUT2D eigenvalue weighted by Gasteiger charge is 2.30. The number of esters is 1. The molecule has 0 bridgehead atoms. The molecule has 1 unspecified atom stereocenters. The molecule has 0 spiro atoms. The largest absolute Gasteiger partial charge is 0.462 e. The number of carbonyl (C=O) groups is 1. The van der Waals surface area contributed by atoms with Crippen LogP contribution in [0.3, 0.4) is 0 Å². The standard InChI is InChI=1S/C23H30N2O2S2/c1-6-27-21(26)19-18-14(2)8-7-9-17(18)29-20(19)25-22(28)24-16-12-10-15(11-13-16)23(3,4)5/h10-14H,6-9H2,1-5H3,(H2,24,25,28). The molecule has 1 aliphatic rings. The number of thiophene rings is 1. The first kappa shape index (κ1) is 21.8. The Labute approximate surface area is 183 Å². The molecule has 0 amide bonds. The average molecular weight is 431 g/mol. The van der Waals surface area contributed by atoms with Gasteiger partial charge in [-0.25, -0.2) is 4.79 Å². The Morgan fingerprint density at radius 1 is 1.24 bits per heavy atom. The summed E-state index contributed by atoms with van der Waals surface area (Å²) in [5.74, 6) is 0.0926. The fourth-order valence-electron chi connectivity index (χ4n) is 3.72. The van der Waals surface area contributed by atoms with Gasteiger partial charge in [-0.2, -0.15) is 0 Å². The fourth-order valence-corrected chi connectivity index (χ4v) is 5.36. The Kier molecular flexibility index (Phi) is 6.64. The average Bonchev–Trinajstić information content (AvgIpc) is 3.00. The lowest BCUT2D eigenvalue weighted by molar-refractivity contribution is 0.0526. The van der Waals surface area contributed by atoms with Gasteiger partial charge in [0, 0.05) is 10.6 Å². The van der Waals surface area contributed by atoms with Crippen molar-refractivity contribution in [2.24, 2.45) is 0 Å². The first-order valence-corrected chi connectivity index (χ1v) is 11.4. The summed E-state index contributed by atoms with van der Waals surface area (Å²) in [7, 11) is 0. The van der Waals surface area contributed by atoms with Crippen LogP contribution in [-0.2, 0) is 16.6 Å². The van der Waals surface area contributed by atoms with Gasteiger partial charge in [0.1, 0.15) is 5.00 Å². The minimum Gasteiger partial charge on any atom is -0.462 e. The molecule has 0 saturated heterocycles. The van der Waals surface area contributed by atoms with Gasteiger partial charge in [0.15, 0.2) is 5.11 Å². The van der Waals surface area contributed by atoms with Crippen LogP contribution in [0.15, 0.2) is 24.3 Å². The van der Waals surface area contributed by atoms with Crippen molar-refractivity contribution in [3.8, 4) is 0 Å². The predicted molar refractivity (Wildman–Crippen MR) is 127 cm³/mol. The van der Waals surface area contributed by atoms with E-state index in [4.69, 9.17) is 17.0 Å². The summed E-state index contributed by atoms with van der Waals surface area (Å²) >= 11 is 7.16. The summed E-state index contributed by atoms with van der Waals surface area (Å²) < 4.78 is 5.35. The van der Waals surface area contributed by atoms with Crippen LogP contribution in [-0.4, -0.2) is 17.7 Å². The minimum atomic E-state index is -0.265. The Morgan fingerprint density at radius 3 is 2.55 bits per heavy atom. The van der Waals surface area contributed by atoms with Crippen LogP contribution in [0.1, 0.15) is 79.7 Å². The number of rotatable bonds is 4. The van der Waals surface area contributed by atoms with E-state index < -0.39 is 0 Å². The quantitative estimate of drug-likeness (QED) is 0.430. The molecule has 156 valence electrons. The molecule has 3 rings (SSSR count). The number of hydrogen-bond donors (Lipinski definition) is 2. The number of benzene rings is 1. The van der Waals surface area contributed by atoms with Crippen LogP contribution in [0.2, 0.25) is 0 Å². The number of anilines is 2. The van der Waals surface area contributed by atoms with E-state index in [2.05, 4.69) is 50.5 Å². The molecular weight excluding hydrogens is 400 g/mol. The lowest BCUT2D eigenvalue weighted by Crippen LogP contribution is -2.21. The first-order chi connectivity index (χ1) is 13.7. The van der Waals surface area contributed by atoms with Gasteiger partial charge in [-0.1, -0.05) is 39.8 Å². The van der Waals surface area contributed by atoms with Gasteiger partial charge in [-0.05, 0) is 73.0 Å². The predicted octanol–water partition coefficient (Wildman–Crippen LogP) is 6.47. The number of thiocarbonyl (C=S) groups is 1. The number of nitrogens with one attached hydrogen (secondary N) is 2. The molecule has 29 heavy (non-hydrogen) atoms. The van der Waals surface area contributed by atoms with Crippen LogP contribution in [0.25, 0.3) is 0 Å². The van der Waals surface area contributed by atoms with Crippen molar-refractivity contribution in [3.05, 3.63) is 45.8 Å². The van der Waals surface area contributed by atoms with E-state index in [0.29, 0.717) is 23.2 Å². The van der Waals surface area contributed by atoms with Crippen molar-refractivity contribution < 1.29 is 9.53 Å². The Morgan fingerprint density at radius 2 is 1.93 bits per heavy atom. The second-order valence-electron chi connectivity index (χ2n) is 8.56. The third kappa shape index (κ3) is 4.98. The highest BCUT2D eigenvalue weighted by atomic mass is 32.1. The van der Waals surface area contributed by atoms with E-state index in [1.165, 1.54) is 10.4 Å². The van der Waals surface area contributed by atoms with E-state index in [1.54, 1.807) is 11.3 Å². The van der Waals surface area contributed by atoms with Crippen LogP contribution in [0.4, 0.5) is 10.7 Å². The van der Waals surface area contributed by atoms with Crippen LogP contribution < -0.4 is 10.6 Å². The molecule has 0 saturated carbocycles. The molecule has 0 radical (unpaired) electrons. The topological polar surface area (TPSA) is 50.4 Å². The maximum atomic E-state index is 12.7. The van der Waals surface area contributed by atoms with Gasteiger partial charge in [-0.3, -0.25) is 0 Å². The second kappa shape index (κ2) is 8.84. The number of hydrogen-bond acceptors (Lipinski definition) is 4. The summed E-state index contributed by atoms with van der Waals surface area (Å²) in [5.41, 5.74) is 4.10. The van der Waals surface area contributed by atoms with Gasteiger partial charge in [-0.15, -0.1) is 11.3 Å². The third-order valence-electron chi connectivity index (χ3n) is 5.27. The molecule has 0 fully saturated rings. The van der Waals surface area contributed by atoms with Gasteiger partial charge >= 0.3 is 5.97 Å². The molecule has 1 aromatic heterocycles. The zero-order valence-electron chi connectivity index (χ0n) is 17.8. The molecule has 1 aromatic carbocycles. The minimum absolute atomic E-state index is 0.110. The smallest absolute Gasteiger partial charge is 0.341 e. The van der Waals surface area contributed by atoms with Gasteiger partial charge in [0.25, 0.3) is 0 Å². The number of aryl methyl sites for hydroxylation is 1. The summed E-state index contributed by atoms with van der Waals surface area (Å²) in [6.07, 6.45) is 3.25. The van der Waals surface area contributed by atoms with E-state index >= 15 is 0 Å². The monoisotopic (exact) mass is 430 g/mol. The van der Waals surface area contributed by atoms with E-state index in [-0.39, 0.29) is 11.4 Å². The molecule has 2 N–H and O–H groups in total. The van der Waals surface area contributed by atoms with Crippen molar-refractivity contribution in [1.29, 1.82) is 0 Å². The van der Waals surface area contributed by atoms with Crippen LogP contribution in [0, 0.1) is 0 Å². The zero-order valence-corrected chi connectivity index (χ0v) is 19.5. The van der Waals surface area contributed by atoms with Crippen molar-refractivity contribution >= 4 is 45.3 Å². The van der Waals surface area contributed by atoms with Gasteiger partial charge < -0.3 is 15.4 Å². The van der Waals surface area contributed by atoms with Crippen molar-refractivity contribution in [2.45, 2.75) is 65.2 Å². The highest BCUT2D eigenvalue weighted by Crippen LogP contribution is 2.43. The Hall–Kier alpha value is -1.92. The SMILES string of the molecule is CCOC(=O)c1c(NC(=S)Nc2ccc(C(C)(C)C)cc2)sc2c1C(C)CCC2. The summed E-state index contributed by atoms with van der Waals surface area (Å²) in [5, 5.41) is 7.75. The lowest BCUT2D eigenvalue weighted by Gasteiger charge is -2.20. The first-order valence-electron chi connectivity index (χ1n) is 10.2. The maximum Gasteiger partial charge on any atom is 0.341 e. The van der Waals surface area contributed by atoms with Crippen molar-refractivity contribution in [1.82, 2.24) is 0 Å². The molecule has 4 nitrogen and oxygen atoms in total. The van der Waals surface area contributed by atoms with E-state index in [1.807, 2.05) is 19.1 Å². The fraction of sp³-hybridized carbons (Fsp3) is 0.478. The van der Waals surface area contributed by atoms with Gasteiger partial charge in [0.05, 0.1) is 12.2 Å². The van der Waals surface area contributed by atoms with E-state index in [9.17, 15) is 4.79 Å². The molecule has 1 heterocycles. The summed E-state index contributed by atoms with van der Waals surface area (Å²) in [6.45, 7) is 11.0. The lowest BCUT2D eigenvalue weighted by atomic mass is 9.86. The number of fused-ring (bicyclic) bond motifs is 1. The molecule has 1 atom stereocenters. The van der Waals surface area contributed by atoms with Crippen molar-refractivity contribution in [2.75, 3.05) is 17.2 Å². The normalized spacial score (nSPS) is 16.1. The molecule has 1 aliphatic carbocycles. The van der Waals surface area contributed by atoms with Crippen LogP contribution in [0.5, 0.6) is 0 Å². The van der Waals surface area contributed by atoms with Crippen molar-refractivity contribution in [3.63, 3.8) is 0 Å². The Balaban J connectivity index is 1.80. The second-order valence-corrected chi connectivity index (χ2v) is 10.1. The number of ether oxygens (including phenoxy) is 1. The maximum absolute atomic E-state index is 12.7. The van der Waals surface area contributed by atoms with Crippen LogP contribution >= 0.6 is 23.6 Å². The highest BCUT2D eigenvalue weighted by molar-refractivity contribution is 7.80. The zero-order chi connectivity index (χ0) is 21.2. The molecule has 0 aliphatic heterocycles. The molecular formula is C23H30N2O2S2. The number of carbonyl (C=O) groups excluding carboxylic acids is 1. The summed E-state index contributed by atoms with van der Waals surface area (Å²) in [4.78, 5) is 14.0. The van der Waals surface area contributed by atoms with Gasteiger partial charge in [0.2, 0.25) is 0 Å². The third-order valence-corrected chi connectivity index (χ3v) is 6.66. The Bertz CT molecular complexity index is 895. The summed E-state index contributed by atoms with van der Waals surface area (Å²) in [6, 6.07) is 8.28. The molecule has 2 aromatic rings. The molecule has 6 heteroatoms.